The van der Waals surface area contributed by atoms with E-state index in [1.807, 2.05) is 48.5 Å². The van der Waals surface area contributed by atoms with E-state index >= 15 is 0 Å². The predicted molar refractivity (Wildman–Crippen MR) is 73.6 cm³/mol. The third-order valence-corrected chi connectivity index (χ3v) is 3.03. The maximum absolute atomic E-state index is 8.20. The van der Waals surface area contributed by atoms with Crippen LogP contribution in [0.1, 0.15) is 0 Å². The Hall–Kier alpha value is -3.09. The van der Waals surface area contributed by atoms with Gasteiger partial charge in [0.15, 0.2) is 0 Å². The van der Waals surface area contributed by atoms with Crippen LogP contribution in [0, 0.1) is 5.41 Å². The van der Waals surface area contributed by atoms with E-state index in [1.54, 1.807) is 0 Å². The third kappa shape index (κ3) is 1.50. The zero-order valence-electron chi connectivity index (χ0n) is 10.3. The van der Waals surface area contributed by atoms with Gasteiger partial charge in [0.2, 0.25) is 0 Å². The molecule has 0 fully saturated rings. The van der Waals surface area contributed by atoms with Gasteiger partial charge in [-0.05, 0) is 24.3 Å². The molecule has 0 amide bonds. The maximum Gasteiger partial charge on any atom is 0.264 e. The SMILES string of the molecule is N=C(n1nc2ccccc2n1)n1nnc2ccccc21. The molecule has 0 bridgehead atoms. The number of rotatable bonds is 0. The second-order valence-corrected chi connectivity index (χ2v) is 4.29. The molecular formula is C13H9N7. The molecule has 4 rings (SSSR count). The van der Waals surface area contributed by atoms with Crippen molar-refractivity contribution in [3.05, 3.63) is 48.5 Å². The second-order valence-electron chi connectivity index (χ2n) is 4.29. The lowest BCUT2D eigenvalue weighted by atomic mass is 10.3. The van der Waals surface area contributed by atoms with Crippen LogP contribution in [0.4, 0.5) is 0 Å². The minimum atomic E-state index is 0.0369. The molecule has 2 heterocycles. The smallest absolute Gasteiger partial charge is 0.264 e. The number of aromatic nitrogens is 6. The maximum atomic E-state index is 8.20. The summed E-state index contributed by atoms with van der Waals surface area (Å²) in [5, 5.41) is 24.7. The predicted octanol–water partition coefficient (Wildman–Crippen LogP) is 1.51. The molecule has 20 heavy (non-hydrogen) atoms. The highest BCUT2D eigenvalue weighted by atomic mass is 15.6. The molecule has 0 radical (unpaired) electrons. The van der Waals surface area contributed by atoms with Gasteiger partial charge in [-0.1, -0.05) is 29.5 Å². The van der Waals surface area contributed by atoms with E-state index in [4.69, 9.17) is 5.41 Å². The van der Waals surface area contributed by atoms with Crippen LogP contribution in [0.2, 0.25) is 0 Å². The van der Waals surface area contributed by atoms with Crippen LogP contribution in [0.5, 0.6) is 0 Å². The van der Waals surface area contributed by atoms with Crippen molar-refractivity contribution in [3.63, 3.8) is 0 Å². The number of nitrogens with one attached hydrogen (secondary N) is 1. The Morgan fingerprint density at radius 2 is 1.45 bits per heavy atom. The summed E-state index contributed by atoms with van der Waals surface area (Å²) in [7, 11) is 0. The van der Waals surface area contributed by atoms with Crippen LogP contribution >= 0.6 is 0 Å². The molecule has 0 aliphatic carbocycles. The summed E-state index contributed by atoms with van der Waals surface area (Å²) in [6.45, 7) is 0. The Balaban J connectivity index is 1.87. The highest BCUT2D eigenvalue weighted by Crippen LogP contribution is 2.11. The number of hydrogen-bond donors (Lipinski definition) is 1. The summed E-state index contributed by atoms with van der Waals surface area (Å²) in [5.41, 5.74) is 2.95. The van der Waals surface area contributed by atoms with Gasteiger partial charge in [0.05, 0.1) is 5.52 Å². The zero-order chi connectivity index (χ0) is 13.5. The van der Waals surface area contributed by atoms with E-state index in [1.165, 1.54) is 9.48 Å². The first-order valence-electron chi connectivity index (χ1n) is 6.05. The summed E-state index contributed by atoms with van der Waals surface area (Å²) in [6.07, 6.45) is 0. The molecule has 4 aromatic rings. The molecule has 7 heteroatoms. The van der Waals surface area contributed by atoms with Crippen molar-refractivity contribution in [1.82, 2.24) is 30.0 Å². The standard InChI is InChI=1S/C13H9N7/c14-13(19-12-8-4-3-7-11(12)15-18-19)20-16-9-5-1-2-6-10(9)17-20/h1-8,14H. The number of nitrogens with zero attached hydrogens (tertiary/aromatic N) is 6. The van der Waals surface area contributed by atoms with Crippen molar-refractivity contribution in [2.24, 2.45) is 0 Å². The van der Waals surface area contributed by atoms with Crippen molar-refractivity contribution in [2.75, 3.05) is 0 Å². The minimum absolute atomic E-state index is 0.0369. The number of fused-ring (bicyclic) bond motifs is 2. The monoisotopic (exact) mass is 263 g/mol. The molecule has 2 aromatic heterocycles. The normalized spacial score (nSPS) is 11.2. The van der Waals surface area contributed by atoms with Gasteiger partial charge < -0.3 is 0 Å². The van der Waals surface area contributed by atoms with Crippen LogP contribution in [0.3, 0.4) is 0 Å². The van der Waals surface area contributed by atoms with E-state index in [9.17, 15) is 0 Å². The van der Waals surface area contributed by atoms with Gasteiger partial charge in [0.1, 0.15) is 16.6 Å². The fourth-order valence-corrected chi connectivity index (χ4v) is 2.06. The Morgan fingerprint density at radius 3 is 2.15 bits per heavy atom. The summed E-state index contributed by atoms with van der Waals surface area (Å²) in [4.78, 5) is 1.26. The molecule has 0 spiro atoms. The van der Waals surface area contributed by atoms with Crippen LogP contribution in [0.25, 0.3) is 22.1 Å². The molecule has 0 aliphatic rings. The van der Waals surface area contributed by atoms with E-state index in [0.29, 0.717) is 0 Å². The Labute approximate surface area is 112 Å². The van der Waals surface area contributed by atoms with Gasteiger partial charge in [0.25, 0.3) is 5.96 Å². The van der Waals surface area contributed by atoms with Crippen molar-refractivity contribution in [1.29, 1.82) is 5.41 Å². The molecule has 0 atom stereocenters. The highest BCUT2D eigenvalue weighted by molar-refractivity contribution is 5.90. The number of para-hydroxylation sites is 1. The summed E-state index contributed by atoms with van der Waals surface area (Å²) in [5.74, 6) is 0.0369. The van der Waals surface area contributed by atoms with Gasteiger partial charge in [-0.3, -0.25) is 5.41 Å². The average molecular weight is 263 g/mol. The van der Waals surface area contributed by atoms with Gasteiger partial charge in [-0.25, -0.2) is 0 Å². The van der Waals surface area contributed by atoms with Crippen LogP contribution in [0.15, 0.2) is 48.5 Å². The minimum Gasteiger partial charge on any atom is -0.264 e. The van der Waals surface area contributed by atoms with Crippen LogP contribution < -0.4 is 0 Å². The van der Waals surface area contributed by atoms with E-state index in [2.05, 4.69) is 20.5 Å². The highest BCUT2D eigenvalue weighted by Gasteiger charge is 2.13. The van der Waals surface area contributed by atoms with E-state index in [-0.39, 0.29) is 5.96 Å². The number of hydrogen-bond acceptors (Lipinski definition) is 5. The van der Waals surface area contributed by atoms with Gasteiger partial charge in [0, 0.05) is 0 Å². The molecule has 0 saturated heterocycles. The zero-order valence-corrected chi connectivity index (χ0v) is 10.3. The molecular weight excluding hydrogens is 254 g/mol. The Kier molecular flexibility index (Phi) is 2.13. The lowest BCUT2D eigenvalue weighted by Crippen LogP contribution is -2.23. The first-order chi connectivity index (χ1) is 9.83. The average Bonchev–Trinajstić information content (AvgIpc) is 3.10. The van der Waals surface area contributed by atoms with Crippen molar-refractivity contribution < 1.29 is 0 Å². The molecule has 7 nitrogen and oxygen atoms in total. The second kappa shape index (κ2) is 3.95. The van der Waals surface area contributed by atoms with Gasteiger partial charge in [-0.15, -0.1) is 20.1 Å². The van der Waals surface area contributed by atoms with Gasteiger partial charge in [-0.2, -0.15) is 4.68 Å². The molecule has 2 aromatic carbocycles. The van der Waals surface area contributed by atoms with Crippen LogP contribution in [-0.4, -0.2) is 35.9 Å². The fraction of sp³-hybridized carbons (Fsp3) is 0. The quantitative estimate of drug-likeness (QED) is 0.385. The third-order valence-electron chi connectivity index (χ3n) is 3.03. The Bertz CT molecular complexity index is 901. The summed E-state index contributed by atoms with van der Waals surface area (Å²) >= 11 is 0. The first kappa shape index (κ1) is 10.8. The van der Waals surface area contributed by atoms with Gasteiger partial charge >= 0.3 is 0 Å². The molecule has 96 valence electrons. The topological polar surface area (TPSA) is 85.3 Å². The Morgan fingerprint density at radius 1 is 0.850 bits per heavy atom. The molecule has 0 unspecified atom stereocenters. The van der Waals surface area contributed by atoms with E-state index in [0.717, 1.165) is 22.1 Å². The number of benzene rings is 2. The lowest BCUT2D eigenvalue weighted by Gasteiger charge is -2.01. The molecule has 0 aliphatic heterocycles. The van der Waals surface area contributed by atoms with Crippen molar-refractivity contribution >= 4 is 28.0 Å². The molecule has 1 N–H and O–H groups in total. The largest absolute Gasteiger partial charge is 0.264 e. The summed E-state index contributed by atoms with van der Waals surface area (Å²) < 4.78 is 1.41. The fourth-order valence-electron chi connectivity index (χ4n) is 2.06. The van der Waals surface area contributed by atoms with Crippen molar-refractivity contribution in [3.8, 4) is 0 Å². The first-order valence-corrected chi connectivity index (χ1v) is 6.05. The van der Waals surface area contributed by atoms with Crippen molar-refractivity contribution in [2.45, 2.75) is 0 Å². The molecule has 0 saturated carbocycles. The van der Waals surface area contributed by atoms with E-state index < -0.39 is 0 Å². The lowest BCUT2D eigenvalue weighted by molar-refractivity contribution is 0.728. The van der Waals surface area contributed by atoms with Crippen LogP contribution in [-0.2, 0) is 0 Å². The summed E-state index contributed by atoms with van der Waals surface area (Å²) in [6, 6.07) is 14.9.